The average Bonchev–Trinajstić information content (AvgIpc) is 3.01. The lowest BCUT2D eigenvalue weighted by Gasteiger charge is -2.43. The van der Waals surface area contributed by atoms with Gasteiger partial charge in [0.05, 0.1) is 31.3 Å². The molecule has 0 unspecified atom stereocenters. The number of carboxylic acid groups (broad SMARTS) is 1. The summed E-state index contributed by atoms with van der Waals surface area (Å²) in [5.74, 6) is -1.42. The van der Waals surface area contributed by atoms with Crippen LogP contribution in [0.2, 0.25) is 0 Å². The molecule has 1 heterocycles. The highest BCUT2D eigenvalue weighted by atomic mass is 16.7. The third-order valence-electron chi connectivity index (χ3n) is 7.92. The first-order valence-corrected chi connectivity index (χ1v) is 14.2. The number of nitrogens with zero attached hydrogens (tertiary/aromatic N) is 1. The van der Waals surface area contributed by atoms with Crippen molar-refractivity contribution in [2.45, 2.75) is 63.9 Å². The molecule has 4 N–H and O–H groups in total. The van der Waals surface area contributed by atoms with E-state index in [0.29, 0.717) is 12.2 Å². The van der Waals surface area contributed by atoms with Gasteiger partial charge in [-0.3, -0.25) is 14.5 Å². The number of aliphatic carboxylic acids is 1. The van der Waals surface area contributed by atoms with Crippen LogP contribution in [-0.2, 0) is 25.7 Å². The van der Waals surface area contributed by atoms with Crippen molar-refractivity contribution in [2.24, 2.45) is 5.92 Å². The fraction of sp³-hybridized carbons (Fsp3) is 0.394. The van der Waals surface area contributed by atoms with Gasteiger partial charge in [-0.2, -0.15) is 0 Å². The zero-order valence-electron chi connectivity index (χ0n) is 24.2. The lowest BCUT2D eigenvalue weighted by atomic mass is 9.89. The summed E-state index contributed by atoms with van der Waals surface area (Å²) in [6, 6.07) is 24.3. The topological polar surface area (TPSA) is 129 Å². The van der Waals surface area contributed by atoms with Crippen LogP contribution in [0.5, 0.6) is 0 Å². The summed E-state index contributed by atoms with van der Waals surface area (Å²) in [6.45, 7) is 4.59. The van der Waals surface area contributed by atoms with E-state index in [9.17, 15) is 19.8 Å². The molecule has 0 spiro atoms. The molecule has 224 valence electrons. The van der Waals surface area contributed by atoms with Gasteiger partial charge in [0.15, 0.2) is 6.29 Å². The van der Waals surface area contributed by atoms with Gasteiger partial charge in [0, 0.05) is 36.2 Å². The van der Waals surface area contributed by atoms with E-state index >= 15 is 0 Å². The Morgan fingerprint density at radius 2 is 1.57 bits per heavy atom. The highest BCUT2D eigenvalue weighted by Gasteiger charge is 2.39. The minimum absolute atomic E-state index is 0.0301. The first-order chi connectivity index (χ1) is 20.2. The van der Waals surface area contributed by atoms with E-state index in [4.69, 9.17) is 14.6 Å². The summed E-state index contributed by atoms with van der Waals surface area (Å²) in [4.78, 5) is 24.9. The van der Waals surface area contributed by atoms with Crippen molar-refractivity contribution in [2.75, 3.05) is 18.9 Å². The SMILES string of the molecule is C[C@H]1[C@@H](CN(C)[C@H](C)[C@@H](O)c2ccccc2)O[C@@H](c2ccc(NC(=O)CCC(=O)O)cc2)O[C@H]1c1ccc(CO)cc1. The number of anilines is 1. The fourth-order valence-corrected chi connectivity index (χ4v) is 5.12. The number of carbonyl (C=O) groups is 2. The summed E-state index contributed by atoms with van der Waals surface area (Å²) in [7, 11) is 1.98. The van der Waals surface area contributed by atoms with Crippen molar-refractivity contribution >= 4 is 17.6 Å². The molecule has 1 aliphatic heterocycles. The predicted octanol–water partition coefficient (Wildman–Crippen LogP) is 4.83. The monoisotopic (exact) mass is 576 g/mol. The third kappa shape index (κ3) is 8.02. The van der Waals surface area contributed by atoms with E-state index in [2.05, 4.69) is 17.1 Å². The van der Waals surface area contributed by atoms with Crippen molar-refractivity contribution in [3.63, 3.8) is 0 Å². The maximum absolute atomic E-state index is 12.1. The van der Waals surface area contributed by atoms with Gasteiger partial charge in [-0.1, -0.05) is 73.7 Å². The van der Waals surface area contributed by atoms with Gasteiger partial charge < -0.3 is 30.1 Å². The number of ether oxygens (including phenoxy) is 2. The number of amides is 1. The van der Waals surface area contributed by atoms with Crippen molar-refractivity contribution in [3.8, 4) is 0 Å². The molecule has 9 nitrogen and oxygen atoms in total. The predicted molar refractivity (Wildman–Crippen MR) is 158 cm³/mol. The van der Waals surface area contributed by atoms with E-state index in [1.807, 2.05) is 80.7 Å². The average molecular weight is 577 g/mol. The molecular weight excluding hydrogens is 536 g/mol. The maximum atomic E-state index is 12.1. The number of aliphatic hydroxyl groups is 2. The molecule has 9 heteroatoms. The molecule has 3 aromatic carbocycles. The van der Waals surface area contributed by atoms with E-state index in [1.54, 1.807) is 12.1 Å². The van der Waals surface area contributed by atoms with E-state index in [-0.39, 0.29) is 49.5 Å². The largest absolute Gasteiger partial charge is 0.481 e. The number of carbonyl (C=O) groups excluding carboxylic acids is 1. The van der Waals surface area contributed by atoms with Crippen LogP contribution in [0.25, 0.3) is 0 Å². The zero-order chi connectivity index (χ0) is 30.2. The van der Waals surface area contributed by atoms with Gasteiger partial charge in [-0.15, -0.1) is 0 Å². The van der Waals surface area contributed by atoms with Crippen LogP contribution in [-0.4, -0.2) is 57.8 Å². The van der Waals surface area contributed by atoms with Gasteiger partial charge >= 0.3 is 5.97 Å². The zero-order valence-corrected chi connectivity index (χ0v) is 24.2. The van der Waals surface area contributed by atoms with E-state index in [0.717, 1.165) is 22.3 Å². The summed E-state index contributed by atoms with van der Waals surface area (Å²) >= 11 is 0. The fourth-order valence-electron chi connectivity index (χ4n) is 5.12. The highest BCUT2D eigenvalue weighted by molar-refractivity contribution is 5.92. The van der Waals surface area contributed by atoms with Gasteiger partial charge in [-0.25, -0.2) is 0 Å². The molecule has 1 saturated heterocycles. The molecule has 0 bridgehead atoms. The van der Waals surface area contributed by atoms with Crippen LogP contribution < -0.4 is 5.32 Å². The Hall–Kier alpha value is -3.60. The van der Waals surface area contributed by atoms with Crippen molar-refractivity contribution in [1.29, 1.82) is 0 Å². The second-order valence-electron chi connectivity index (χ2n) is 10.9. The molecular formula is C33H40N2O7. The second kappa shape index (κ2) is 14.5. The van der Waals surface area contributed by atoms with Crippen molar-refractivity contribution in [1.82, 2.24) is 4.90 Å². The molecule has 1 fully saturated rings. The number of aliphatic hydroxyl groups excluding tert-OH is 2. The molecule has 6 atom stereocenters. The number of hydrogen-bond acceptors (Lipinski definition) is 7. The van der Waals surface area contributed by atoms with Crippen LogP contribution in [0.3, 0.4) is 0 Å². The van der Waals surface area contributed by atoms with Gasteiger partial charge in [0.1, 0.15) is 0 Å². The van der Waals surface area contributed by atoms with E-state index < -0.39 is 18.4 Å². The molecule has 0 aromatic heterocycles. The summed E-state index contributed by atoms with van der Waals surface area (Å²) in [5.41, 5.74) is 3.96. The number of likely N-dealkylation sites (N-methyl/N-ethyl adjacent to an activating group) is 1. The minimum atomic E-state index is -1.02. The number of carboxylic acids is 1. The van der Waals surface area contributed by atoms with Crippen LogP contribution in [0.4, 0.5) is 5.69 Å². The Morgan fingerprint density at radius 1 is 0.929 bits per heavy atom. The van der Waals surface area contributed by atoms with E-state index in [1.165, 1.54) is 0 Å². The molecule has 0 aliphatic carbocycles. The van der Waals surface area contributed by atoms with Gasteiger partial charge in [0.25, 0.3) is 0 Å². The number of hydrogen-bond donors (Lipinski definition) is 4. The summed E-state index contributed by atoms with van der Waals surface area (Å²) < 4.78 is 13.0. The number of rotatable bonds is 12. The van der Waals surface area contributed by atoms with Crippen LogP contribution in [0.15, 0.2) is 78.9 Å². The Morgan fingerprint density at radius 3 is 2.19 bits per heavy atom. The van der Waals surface area contributed by atoms with Gasteiger partial charge in [-0.05, 0) is 42.8 Å². The molecule has 0 saturated carbocycles. The number of nitrogens with one attached hydrogen (secondary N) is 1. The second-order valence-corrected chi connectivity index (χ2v) is 10.9. The first kappa shape index (κ1) is 31.3. The Bertz CT molecular complexity index is 1300. The molecule has 0 radical (unpaired) electrons. The lowest BCUT2D eigenvalue weighted by Crippen LogP contribution is -2.46. The van der Waals surface area contributed by atoms with Gasteiger partial charge in [0.2, 0.25) is 5.91 Å². The normalized spacial score (nSPS) is 22.0. The highest BCUT2D eigenvalue weighted by Crippen LogP contribution is 2.42. The van der Waals surface area contributed by atoms with Crippen molar-refractivity contribution < 1.29 is 34.4 Å². The standard InChI is InChI=1S/C33H40N2O7/c1-21-28(19-35(3)22(2)31(40)24-7-5-4-6-8-24)41-33(42-32(21)25-11-9-23(20-36)10-12-25)26-13-15-27(16-14-26)34-29(37)17-18-30(38)39/h4-16,21-22,28,31-33,36,40H,17-20H2,1-3H3,(H,34,37)(H,38,39)/t21-,22+,28+,31+,32+,33+/m0/s1. The molecule has 42 heavy (non-hydrogen) atoms. The molecule has 1 amide bonds. The Kier molecular flexibility index (Phi) is 10.8. The molecule has 1 aliphatic rings. The van der Waals surface area contributed by atoms with Crippen LogP contribution >= 0.6 is 0 Å². The summed E-state index contributed by atoms with van der Waals surface area (Å²) in [5, 5.41) is 32.1. The van der Waals surface area contributed by atoms with Crippen LogP contribution in [0.1, 0.15) is 67.4 Å². The lowest BCUT2D eigenvalue weighted by molar-refractivity contribution is -0.276. The quantitative estimate of drug-likeness (QED) is 0.241. The number of benzene rings is 3. The maximum Gasteiger partial charge on any atom is 0.303 e. The minimum Gasteiger partial charge on any atom is -0.481 e. The third-order valence-corrected chi connectivity index (χ3v) is 7.92. The molecule has 3 aromatic rings. The summed E-state index contributed by atoms with van der Waals surface area (Å²) in [6.07, 6.45) is -2.22. The molecule has 4 rings (SSSR count). The van der Waals surface area contributed by atoms with Crippen LogP contribution in [0, 0.1) is 5.92 Å². The Labute approximate surface area is 246 Å². The smallest absolute Gasteiger partial charge is 0.303 e. The van der Waals surface area contributed by atoms with Crippen molar-refractivity contribution in [3.05, 3.63) is 101 Å². The first-order valence-electron chi connectivity index (χ1n) is 14.2. The Balaban J connectivity index is 1.52.